The van der Waals surface area contributed by atoms with Crippen LogP contribution in [0.2, 0.25) is 5.02 Å². The molecule has 0 unspecified atom stereocenters. The number of nitriles is 1. The van der Waals surface area contributed by atoms with Gasteiger partial charge in [-0.3, -0.25) is 0 Å². The largest absolute Gasteiger partial charge is 0.417 e. The van der Waals surface area contributed by atoms with Crippen LogP contribution in [0.25, 0.3) is 11.1 Å². The Morgan fingerprint density at radius 3 is 2.47 bits per heavy atom. The summed E-state index contributed by atoms with van der Waals surface area (Å²) in [4.78, 5) is 3.74. The van der Waals surface area contributed by atoms with E-state index in [1.165, 1.54) is 30.5 Å². The smallest absolute Gasteiger partial charge is 0.243 e. The van der Waals surface area contributed by atoms with Crippen LogP contribution < -0.4 is 0 Å². The first kappa shape index (κ1) is 13.4. The van der Waals surface area contributed by atoms with Gasteiger partial charge in [-0.1, -0.05) is 29.8 Å². The first-order valence-electron chi connectivity index (χ1n) is 5.15. The van der Waals surface area contributed by atoms with E-state index in [0.29, 0.717) is 0 Å². The van der Waals surface area contributed by atoms with E-state index in [-0.39, 0.29) is 21.8 Å². The van der Waals surface area contributed by atoms with Crippen molar-refractivity contribution in [3.63, 3.8) is 0 Å². The third-order valence-corrected chi connectivity index (χ3v) is 2.69. The van der Waals surface area contributed by atoms with Crippen LogP contribution >= 0.6 is 11.6 Å². The van der Waals surface area contributed by atoms with Crippen molar-refractivity contribution in [2.24, 2.45) is 0 Å². The van der Waals surface area contributed by atoms with E-state index in [4.69, 9.17) is 16.9 Å². The summed E-state index contributed by atoms with van der Waals surface area (Å²) in [6.45, 7) is 0. The Bertz CT molecular complexity index is 660. The standard InChI is InChI=1S/C13H6ClF3N2/c14-8-5-10(12(6-18)19-7-8)9-3-1-2-4-11(9)13(15,16)17/h1-5,7H. The maximum Gasteiger partial charge on any atom is 0.417 e. The quantitative estimate of drug-likeness (QED) is 0.782. The highest BCUT2D eigenvalue weighted by Gasteiger charge is 2.33. The molecule has 96 valence electrons. The molecule has 6 heteroatoms. The number of nitrogens with zero attached hydrogens (tertiary/aromatic N) is 2. The lowest BCUT2D eigenvalue weighted by atomic mass is 9.98. The van der Waals surface area contributed by atoms with Crippen molar-refractivity contribution in [1.82, 2.24) is 4.98 Å². The summed E-state index contributed by atoms with van der Waals surface area (Å²) in [5, 5.41) is 9.10. The van der Waals surface area contributed by atoms with Gasteiger partial charge in [-0.05, 0) is 17.7 Å². The average Bonchev–Trinajstić information content (AvgIpc) is 2.37. The zero-order valence-electron chi connectivity index (χ0n) is 9.37. The van der Waals surface area contributed by atoms with E-state index in [0.717, 1.165) is 6.07 Å². The third kappa shape index (κ3) is 2.69. The molecule has 0 aliphatic carbocycles. The van der Waals surface area contributed by atoms with Crippen molar-refractivity contribution >= 4 is 11.6 Å². The van der Waals surface area contributed by atoms with Gasteiger partial charge in [-0.15, -0.1) is 0 Å². The zero-order valence-corrected chi connectivity index (χ0v) is 10.1. The number of aromatic nitrogens is 1. The molecule has 0 bridgehead atoms. The van der Waals surface area contributed by atoms with E-state index in [1.807, 2.05) is 0 Å². The summed E-state index contributed by atoms with van der Waals surface area (Å²) in [5.74, 6) is 0. The summed E-state index contributed by atoms with van der Waals surface area (Å²) in [6, 6.07) is 8.06. The van der Waals surface area contributed by atoms with Gasteiger partial charge in [0.25, 0.3) is 0 Å². The fraction of sp³-hybridized carbons (Fsp3) is 0.0769. The maximum atomic E-state index is 12.9. The Kier molecular flexibility index (Phi) is 3.45. The first-order chi connectivity index (χ1) is 8.93. The highest BCUT2D eigenvalue weighted by atomic mass is 35.5. The van der Waals surface area contributed by atoms with E-state index < -0.39 is 11.7 Å². The minimum atomic E-state index is -4.51. The molecular weight excluding hydrogens is 277 g/mol. The number of halogens is 4. The zero-order chi connectivity index (χ0) is 14.0. The van der Waals surface area contributed by atoms with Crippen LogP contribution in [-0.2, 0) is 6.18 Å². The molecule has 0 aliphatic heterocycles. The molecule has 0 N–H and O–H groups in total. The van der Waals surface area contributed by atoms with Crippen molar-refractivity contribution in [2.75, 3.05) is 0 Å². The number of rotatable bonds is 1. The van der Waals surface area contributed by atoms with Gasteiger partial charge in [0.2, 0.25) is 0 Å². The third-order valence-electron chi connectivity index (χ3n) is 2.48. The predicted molar refractivity (Wildman–Crippen MR) is 64.4 cm³/mol. The van der Waals surface area contributed by atoms with Gasteiger partial charge in [-0.25, -0.2) is 4.98 Å². The van der Waals surface area contributed by atoms with Crippen LogP contribution in [0, 0.1) is 11.3 Å². The normalized spacial score (nSPS) is 11.1. The summed E-state index contributed by atoms with van der Waals surface area (Å²) >= 11 is 5.74. The van der Waals surface area contributed by atoms with Gasteiger partial charge >= 0.3 is 6.18 Å². The molecular formula is C13H6ClF3N2. The van der Waals surface area contributed by atoms with Gasteiger partial charge in [0.1, 0.15) is 11.8 Å². The topological polar surface area (TPSA) is 36.7 Å². The van der Waals surface area contributed by atoms with Crippen LogP contribution in [0.1, 0.15) is 11.3 Å². The lowest BCUT2D eigenvalue weighted by molar-refractivity contribution is -0.137. The Labute approximate surface area is 112 Å². The molecule has 1 aromatic heterocycles. The summed E-state index contributed by atoms with van der Waals surface area (Å²) in [5.41, 5.74) is -0.957. The molecule has 0 radical (unpaired) electrons. The van der Waals surface area contributed by atoms with Crippen molar-refractivity contribution in [2.45, 2.75) is 6.18 Å². The maximum absolute atomic E-state index is 12.9. The molecule has 19 heavy (non-hydrogen) atoms. The van der Waals surface area contributed by atoms with Crippen molar-refractivity contribution in [1.29, 1.82) is 5.26 Å². The van der Waals surface area contributed by atoms with Gasteiger partial charge in [-0.2, -0.15) is 18.4 Å². The molecule has 0 saturated heterocycles. The summed E-state index contributed by atoms with van der Waals surface area (Å²) in [7, 11) is 0. The molecule has 0 fully saturated rings. The molecule has 2 nitrogen and oxygen atoms in total. The number of alkyl halides is 3. The highest BCUT2D eigenvalue weighted by molar-refractivity contribution is 6.30. The number of hydrogen-bond donors (Lipinski definition) is 0. The van der Waals surface area contributed by atoms with E-state index in [2.05, 4.69) is 4.98 Å². The average molecular weight is 283 g/mol. The van der Waals surface area contributed by atoms with Gasteiger partial charge in [0.15, 0.2) is 0 Å². The van der Waals surface area contributed by atoms with Gasteiger partial charge < -0.3 is 0 Å². The van der Waals surface area contributed by atoms with Crippen LogP contribution in [-0.4, -0.2) is 4.98 Å². The monoisotopic (exact) mass is 282 g/mol. The van der Waals surface area contributed by atoms with E-state index >= 15 is 0 Å². The molecule has 0 spiro atoms. The van der Waals surface area contributed by atoms with Crippen LogP contribution in [0.3, 0.4) is 0 Å². The molecule has 1 heterocycles. The molecule has 0 aliphatic rings. The fourth-order valence-corrected chi connectivity index (χ4v) is 1.86. The van der Waals surface area contributed by atoms with Gasteiger partial charge in [0.05, 0.1) is 10.6 Å². The molecule has 0 amide bonds. The second-order valence-electron chi connectivity index (χ2n) is 3.70. The Balaban J connectivity index is 2.73. The van der Waals surface area contributed by atoms with Crippen molar-refractivity contribution in [3.05, 3.63) is 52.8 Å². The van der Waals surface area contributed by atoms with Crippen LogP contribution in [0.4, 0.5) is 13.2 Å². The Morgan fingerprint density at radius 1 is 1.16 bits per heavy atom. The second-order valence-corrected chi connectivity index (χ2v) is 4.14. The highest BCUT2D eigenvalue weighted by Crippen LogP contribution is 2.38. The summed E-state index contributed by atoms with van der Waals surface area (Å²) in [6.07, 6.45) is -3.29. The Hall–Kier alpha value is -2.06. The molecule has 2 rings (SSSR count). The second kappa shape index (κ2) is 4.90. The minimum absolute atomic E-state index is 0.0722. The molecule has 2 aromatic rings. The fourth-order valence-electron chi connectivity index (χ4n) is 1.70. The molecule has 1 aromatic carbocycles. The van der Waals surface area contributed by atoms with E-state index in [9.17, 15) is 13.2 Å². The lowest BCUT2D eigenvalue weighted by Crippen LogP contribution is -2.07. The summed E-state index contributed by atoms with van der Waals surface area (Å²) < 4.78 is 38.8. The number of benzene rings is 1. The van der Waals surface area contributed by atoms with Crippen LogP contribution in [0.15, 0.2) is 36.5 Å². The van der Waals surface area contributed by atoms with E-state index in [1.54, 1.807) is 6.07 Å². The Morgan fingerprint density at radius 2 is 1.84 bits per heavy atom. The number of hydrogen-bond acceptors (Lipinski definition) is 2. The predicted octanol–water partition coefficient (Wildman–Crippen LogP) is 4.29. The van der Waals surface area contributed by atoms with Crippen molar-refractivity contribution in [3.8, 4) is 17.2 Å². The van der Waals surface area contributed by atoms with Crippen molar-refractivity contribution < 1.29 is 13.2 Å². The minimum Gasteiger partial charge on any atom is -0.243 e. The molecule has 0 atom stereocenters. The lowest BCUT2D eigenvalue weighted by Gasteiger charge is -2.13. The SMILES string of the molecule is N#Cc1ncc(Cl)cc1-c1ccccc1C(F)(F)F. The molecule has 0 saturated carbocycles. The van der Waals surface area contributed by atoms with Crippen LogP contribution in [0.5, 0.6) is 0 Å². The number of pyridine rings is 1. The first-order valence-corrected chi connectivity index (χ1v) is 5.53. The van der Waals surface area contributed by atoms with Gasteiger partial charge in [0, 0.05) is 11.8 Å².